The number of rotatable bonds is 5. The van der Waals surface area contributed by atoms with Gasteiger partial charge in [-0.25, -0.2) is 19.3 Å². The molecule has 2 atom stereocenters. The number of aromatic nitrogens is 4. The van der Waals surface area contributed by atoms with E-state index in [4.69, 9.17) is 9.47 Å². The van der Waals surface area contributed by atoms with E-state index in [9.17, 15) is 4.79 Å². The fourth-order valence-corrected chi connectivity index (χ4v) is 4.76. The van der Waals surface area contributed by atoms with Crippen LogP contribution in [0.15, 0.2) is 36.9 Å². The minimum absolute atomic E-state index is 0.0899. The average Bonchev–Trinajstić information content (AvgIpc) is 3.48. The summed E-state index contributed by atoms with van der Waals surface area (Å²) >= 11 is 0. The third kappa shape index (κ3) is 5.64. The molecule has 4 heterocycles. The zero-order valence-electron chi connectivity index (χ0n) is 20.5. The normalized spacial score (nSPS) is 20.7. The van der Waals surface area contributed by atoms with Gasteiger partial charge < -0.3 is 25.0 Å². The Morgan fingerprint density at radius 2 is 2.00 bits per heavy atom. The van der Waals surface area contributed by atoms with Crippen LogP contribution < -0.4 is 15.5 Å². The Bertz CT molecular complexity index is 1170. The molecule has 10 heteroatoms. The van der Waals surface area contributed by atoms with E-state index >= 15 is 0 Å². The van der Waals surface area contributed by atoms with Crippen molar-refractivity contribution in [2.75, 3.05) is 36.5 Å². The summed E-state index contributed by atoms with van der Waals surface area (Å²) in [5.74, 6) is 1.06. The number of hydrogen-bond donors (Lipinski definition) is 2. The number of nitrogens with one attached hydrogen (secondary N) is 2. The first-order valence-electron chi connectivity index (χ1n) is 12.2. The molecule has 186 valence electrons. The summed E-state index contributed by atoms with van der Waals surface area (Å²) in [4.78, 5) is 23.5. The van der Waals surface area contributed by atoms with E-state index in [-0.39, 0.29) is 12.1 Å². The first-order valence-corrected chi connectivity index (χ1v) is 12.2. The number of nitrogens with zero attached hydrogens (tertiary/aromatic N) is 5. The maximum absolute atomic E-state index is 12.2. The third-order valence-corrected chi connectivity index (χ3v) is 6.41. The van der Waals surface area contributed by atoms with Crippen LogP contribution in [0, 0.1) is 0 Å². The van der Waals surface area contributed by atoms with E-state index in [2.05, 4.69) is 42.7 Å². The van der Waals surface area contributed by atoms with Crippen molar-refractivity contribution in [1.82, 2.24) is 24.9 Å². The van der Waals surface area contributed by atoms with Crippen molar-refractivity contribution in [3.8, 4) is 0 Å². The van der Waals surface area contributed by atoms with E-state index in [1.54, 1.807) is 10.8 Å². The van der Waals surface area contributed by atoms with Crippen LogP contribution >= 0.6 is 0 Å². The van der Waals surface area contributed by atoms with Gasteiger partial charge in [0.05, 0.1) is 30.8 Å². The lowest BCUT2D eigenvalue weighted by Crippen LogP contribution is -2.37. The molecule has 2 N–H and O–H groups in total. The Labute approximate surface area is 205 Å². The molecule has 0 aromatic carbocycles. The summed E-state index contributed by atoms with van der Waals surface area (Å²) in [6.07, 6.45) is 7.86. The van der Waals surface area contributed by atoms with Gasteiger partial charge in [0.25, 0.3) is 0 Å². The fourth-order valence-electron chi connectivity index (χ4n) is 4.76. The van der Waals surface area contributed by atoms with Crippen molar-refractivity contribution >= 4 is 28.9 Å². The molecule has 0 radical (unpaired) electrons. The van der Waals surface area contributed by atoms with Crippen LogP contribution in [0.2, 0.25) is 0 Å². The zero-order chi connectivity index (χ0) is 24.4. The van der Waals surface area contributed by atoms with Crippen LogP contribution in [-0.4, -0.2) is 63.6 Å². The molecule has 1 saturated carbocycles. The maximum atomic E-state index is 12.2. The Morgan fingerprint density at radius 3 is 2.74 bits per heavy atom. The van der Waals surface area contributed by atoms with Crippen molar-refractivity contribution in [2.24, 2.45) is 0 Å². The van der Waals surface area contributed by atoms with Gasteiger partial charge in [-0.1, -0.05) is 0 Å². The first-order chi connectivity index (χ1) is 16.8. The van der Waals surface area contributed by atoms with E-state index in [1.165, 1.54) is 0 Å². The van der Waals surface area contributed by atoms with Gasteiger partial charge in [-0.2, -0.15) is 5.10 Å². The largest absolute Gasteiger partial charge is 0.444 e. The highest BCUT2D eigenvalue weighted by Gasteiger charge is 2.29. The standard InChI is InChI=1S/C25H33N7O3/c1-25(2,3)35-24(33)29-19-5-4-17(12-19)18-13-21(23-27-16-28-32(23)15-18)30-22-7-6-20(14-26-22)31-8-10-34-11-9-31/h6-7,13-17,19H,4-5,8-12H2,1-3H3,(H,26,30)(H,29,33). The van der Waals surface area contributed by atoms with Crippen molar-refractivity contribution in [1.29, 1.82) is 0 Å². The fraction of sp³-hybridized carbons (Fsp3) is 0.520. The van der Waals surface area contributed by atoms with Crippen LogP contribution in [0.25, 0.3) is 5.65 Å². The lowest BCUT2D eigenvalue weighted by atomic mass is 9.98. The molecular formula is C25H33N7O3. The molecule has 0 bridgehead atoms. The Kier molecular flexibility index (Phi) is 6.46. The summed E-state index contributed by atoms with van der Waals surface area (Å²) in [5, 5.41) is 10.8. The lowest BCUT2D eigenvalue weighted by molar-refractivity contribution is 0.0505. The molecule has 35 heavy (non-hydrogen) atoms. The summed E-state index contributed by atoms with van der Waals surface area (Å²) in [5.41, 5.74) is 3.35. The number of ether oxygens (including phenoxy) is 2. The molecule has 1 aliphatic heterocycles. The average molecular weight is 480 g/mol. The number of morpholine rings is 1. The van der Waals surface area contributed by atoms with Crippen molar-refractivity contribution in [3.63, 3.8) is 0 Å². The molecule has 5 rings (SSSR count). The number of hydrogen-bond acceptors (Lipinski definition) is 8. The lowest BCUT2D eigenvalue weighted by Gasteiger charge is -2.28. The molecule has 2 fully saturated rings. The number of alkyl carbamates (subject to hydrolysis) is 1. The number of fused-ring (bicyclic) bond motifs is 1. The van der Waals surface area contributed by atoms with Crippen LogP contribution in [0.5, 0.6) is 0 Å². The summed E-state index contributed by atoms with van der Waals surface area (Å²) in [6.45, 7) is 8.86. The molecule has 2 unspecified atom stereocenters. The second-order valence-electron chi connectivity index (χ2n) is 10.2. The molecule has 1 amide bonds. The third-order valence-electron chi connectivity index (χ3n) is 6.41. The molecular weight excluding hydrogens is 446 g/mol. The van der Waals surface area contributed by atoms with E-state index < -0.39 is 5.60 Å². The van der Waals surface area contributed by atoms with Gasteiger partial charge in [-0.15, -0.1) is 0 Å². The summed E-state index contributed by atoms with van der Waals surface area (Å²) in [6, 6.07) is 6.28. The molecule has 0 spiro atoms. The monoisotopic (exact) mass is 479 g/mol. The van der Waals surface area contributed by atoms with Gasteiger partial charge in [0.2, 0.25) is 0 Å². The van der Waals surface area contributed by atoms with Gasteiger partial charge in [0, 0.05) is 25.3 Å². The van der Waals surface area contributed by atoms with Gasteiger partial charge in [-0.3, -0.25) is 0 Å². The quantitative estimate of drug-likeness (QED) is 0.568. The molecule has 10 nitrogen and oxygen atoms in total. The summed E-state index contributed by atoms with van der Waals surface area (Å²) in [7, 11) is 0. The zero-order valence-corrected chi connectivity index (χ0v) is 20.5. The van der Waals surface area contributed by atoms with E-state index in [1.807, 2.05) is 39.2 Å². The van der Waals surface area contributed by atoms with Gasteiger partial charge in [-0.05, 0) is 69.7 Å². The van der Waals surface area contributed by atoms with Gasteiger partial charge in [0.1, 0.15) is 17.7 Å². The number of amides is 1. The smallest absolute Gasteiger partial charge is 0.407 e. The van der Waals surface area contributed by atoms with Crippen LogP contribution in [-0.2, 0) is 9.47 Å². The number of anilines is 3. The molecule has 3 aromatic rings. The van der Waals surface area contributed by atoms with E-state index in [0.29, 0.717) is 5.92 Å². The topological polar surface area (TPSA) is 106 Å². The van der Waals surface area contributed by atoms with Crippen LogP contribution in [0.4, 0.5) is 22.0 Å². The predicted octanol–water partition coefficient (Wildman–Crippen LogP) is 3.87. The van der Waals surface area contributed by atoms with Crippen molar-refractivity contribution < 1.29 is 14.3 Å². The second-order valence-corrected chi connectivity index (χ2v) is 10.2. The SMILES string of the molecule is CC(C)(C)OC(=O)NC1CCC(c2cc(Nc3ccc(N4CCOCC4)cn3)c3ncnn3c2)C1. The van der Waals surface area contributed by atoms with Gasteiger partial charge >= 0.3 is 6.09 Å². The molecule has 2 aliphatic rings. The Hall–Kier alpha value is -3.40. The molecule has 3 aromatic heterocycles. The van der Waals surface area contributed by atoms with Gasteiger partial charge in [0.15, 0.2) is 5.65 Å². The highest BCUT2D eigenvalue weighted by Crippen LogP contribution is 2.36. The highest BCUT2D eigenvalue weighted by atomic mass is 16.6. The van der Waals surface area contributed by atoms with Crippen LogP contribution in [0.1, 0.15) is 51.5 Å². The van der Waals surface area contributed by atoms with Crippen molar-refractivity contribution in [2.45, 2.75) is 57.6 Å². The number of pyridine rings is 2. The number of carbonyl (C=O) groups is 1. The predicted molar refractivity (Wildman–Crippen MR) is 133 cm³/mol. The first kappa shape index (κ1) is 23.3. The molecule has 1 aliphatic carbocycles. The van der Waals surface area contributed by atoms with Crippen molar-refractivity contribution in [3.05, 3.63) is 42.5 Å². The molecule has 1 saturated heterocycles. The minimum Gasteiger partial charge on any atom is -0.444 e. The Balaban J connectivity index is 1.29. The van der Waals surface area contributed by atoms with Crippen LogP contribution in [0.3, 0.4) is 0 Å². The second kappa shape index (κ2) is 9.69. The van der Waals surface area contributed by atoms with E-state index in [0.717, 1.165) is 74.0 Å². The Morgan fingerprint density at radius 1 is 1.17 bits per heavy atom. The summed E-state index contributed by atoms with van der Waals surface area (Å²) < 4.78 is 12.7. The highest BCUT2D eigenvalue weighted by molar-refractivity contribution is 5.73. The maximum Gasteiger partial charge on any atom is 0.407 e. The number of carbonyl (C=O) groups excluding carboxylic acids is 1. The minimum atomic E-state index is -0.505.